The van der Waals surface area contributed by atoms with Gasteiger partial charge in [-0.3, -0.25) is 0 Å². The molecule has 126 valence electrons. The van der Waals surface area contributed by atoms with Crippen molar-refractivity contribution < 1.29 is 17.9 Å². The molecule has 0 saturated heterocycles. The van der Waals surface area contributed by atoms with Crippen molar-refractivity contribution in [1.82, 2.24) is 0 Å². The van der Waals surface area contributed by atoms with Crippen LogP contribution in [0.4, 0.5) is 13.2 Å². The maximum atomic E-state index is 12.3. The highest BCUT2D eigenvalue weighted by atomic mass is 19.4. The molecule has 0 aromatic heterocycles. The van der Waals surface area contributed by atoms with Gasteiger partial charge in [-0.1, -0.05) is 65.5 Å². The Morgan fingerprint density at radius 2 is 1.68 bits per heavy atom. The van der Waals surface area contributed by atoms with E-state index in [2.05, 4.69) is 11.3 Å². The molecule has 0 fully saturated rings. The fraction of sp³-hybridized carbons (Fsp3) is 0.444. The Balaban J connectivity index is 0. The van der Waals surface area contributed by atoms with Crippen molar-refractivity contribution in [3.05, 3.63) is 41.5 Å². The Morgan fingerprint density at radius 3 is 2.05 bits per heavy atom. The molecular formula is C18H27F3O. The van der Waals surface area contributed by atoms with Crippen molar-refractivity contribution in [3.63, 3.8) is 0 Å². The van der Waals surface area contributed by atoms with Crippen LogP contribution in [0.5, 0.6) is 5.75 Å². The molecule has 0 unspecified atom stereocenters. The summed E-state index contributed by atoms with van der Waals surface area (Å²) in [5.74, 6) is -0.149. The van der Waals surface area contributed by atoms with Crippen LogP contribution >= 0.6 is 0 Å². The standard InChI is InChI=1S/C14H15F3O.2C2H6/c1-4-7-12-10(5-2)8-9-13(11(12)6-3)18-14(15,16)17;2*1-2/h4-5,7-9H,2,6H2,1,3H3;2*1-2H3/b7-4-;;. The molecule has 0 aliphatic carbocycles. The topological polar surface area (TPSA) is 9.23 Å². The molecule has 0 radical (unpaired) electrons. The third-order valence-corrected chi connectivity index (χ3v) is 2.48. The van der Waals surface area contributed by atoms with E-state index in [0.717, 1.165) is 11.1 Å². The zero-order valence-electron chi connectivity index (χ0n) is 14.3. The van der Waals surface area contributed by atoms with Gasteiger partial charge >= 0.3 is 6.36 Å². The maximum Gasteiger partial charge on any atom is 0.573 e. The van der Waals surface area contributed by atoms with E-state index >= 15 is 0 Å². The zero-order chi connectivity index (χ0) is 17.8. The third-order valence-electron chi connectivity index (χ3n) is 2.48. The normalized spacial score (nSPS) is 10.2. The molecule has 0 aliphatic rings. The molecule has 0 atom stereocenters. The van der Waals surface area contributed by atoms with Crippen molar-refractivity contribution in [1.29, 1.82) is 0 Å². The molecule has 1 aromatic carbocycles. The Bertz CT molecular complexity index is 460. The molecular weight excluding hydrogens is 289 g/mol. The van der Waals surface area contributed by atoms with Gasteiger partial charge in [-0.25, -0.2) is 0 Å². The number of allylic oxidation sites excluding steroid dienone is 1. The molecule has 0 bridgehead atoms. The lowest BCUT2D eigenvalue weighted by atomic mass is 9.97. The highest BCUT2D eigenvalue weighted by Crippen LogP contribution is 2.32. The number of benzene rings is 1. The van der Waals surface area contributed by atoms with Gasteiger partial charge < -0.3 is 4.74 Å². The second-order valence-corrected chi connectivity index (χ2v) is 3.65. The molecule has 22 heavy (non-hydrogen) atoms. The molecule has 1 nitrogen and oxygen atoms in total. The molecule has 4 heteroatoms. The van der Waals surface area contributed by atoms with Gasteiger partial charge in [0.25, 0.3) is 0 Å². The lowest BCUT2D eigenvalue weighted by Crippen LogP contribution is -2.18. The lowest BCUT2D eigenvalue weighted by Gasteiger charge is -2.16. The summed E-state index contributed by atoms with van der Waals surface area (Å²) in [5, 5.41) is 0. The van der Waals surface area contributed by atoms with E-state index in [1.165, 1.54) is 6.07 Å². The molecule has 0 amide bonds. The van der Waals surface area contributed by atoms with Crippen LogP contribution in [0, 0.1) is 0 Å². The molecule has 0 heterocycles. The van der Waals surface area contributed by atoms with E-state index < -0.39 is 6.36 Å². The van der Waals surface area contributed by atoms with Crippen molar-refractivity contribution in [3.8, 4) is 5.75 Å². The van der Waals surface area contributed by atoms with Crippen LogP contribution in [0.2, 0.25) is 0 Å². The quantitative estimate of drug-likeness (QED) is 0.588. The molecule has 1 rings (SSSR count). The number of halogens is 3. The van der Waals surface area contributed by atoms with Crippen molar-refractivity contribution >= 4 is 12.2 Å². The van der Waals surface area contributed by atoms with Gasteiger partial charge in [0.05, 0.1) is 0 Å². The Kier molecular flexibility index (Phi) is 12.2. The highest BCUT2D eigenvalue weighted by molar-refractivity contribution is 5.69. The second-order valence-electron chi connectivity index (χ2n) is 3.65. The van der Waals surface area contributed by atoms with Gasteiger partial charge in [0.1, 0.15) is 5.75 Å². The monoisotopic (exact) mass is 316 g/mol. The first kappa shape index (κ1) is 22.6. The smallest absolute Gasteiger partial charge is 0.405 e. The van der Waals surface area contributed by atoms with Crippen LogP contribution in [-0.2, 0) is 6.42 Å². The molecule has 0 spiro atoms. The number of ether oxygens (including phenoxy) is 1. The van der Waals surface area contributed by atoms with Crippen LogP contribution in [0.1, 0.15) is 58.2 Å². The number of hydrogen-bond donors (Lipinski definition) is 0. The summed E-state index contributed by atoms with van der Waals surface area (Å²) >= 11 is 0. The number of rotatable bonds is 4. The summed E-state index contributed by atoms with van der Waals surface area (Å²) in [4.78, 5) is 0. The maximum absolute atomic E-state index is 12.3. The SMILES string of the molecule is C=Cc1ccc(OC(F)(F)F)c(CC)c1/C=C\C.CC.CC. The van der Waals surface area contributed by atoms with E-state index in [1.54, 1.807) is 31.2 Å². The summed E-state index contributed by atoms with van der Waals surface area (Å²) in [6.07, 6.45) is 0.934. The van der Waals surface area contributed by atoms with Gasteiger partial charge in [0.15, 0.2) is 0 Å². The van der Waals surface area contributed by atoms with E-state index in [1.807, 2.05) is 34.6 Å². The fourth-order valence-corrected chi connectivity index (χ4v) is 1.79. The van der Waals surface area contributed by atoms with Gasteiger partial charge in [-0.15, -0.1) is 13.2 Å². The Hall–Kier alpha value is -1.71. The first-order chi connectivity index (χ1) is 10.4. The molecule has 0 saturated carbocycles. The minimum Gasteiger partial charge on any atom is -0.405 e. The minimum absolute atomic E-state index is 0.149. The summed E-state index contributed by atoms with van der Waals surface area (Å²) in [5.41, 5.74) is 2.04. The first-order valence-electron chi connectivity index (χ1n) is 7.59. The van der Waals surface area contributed by atoms with Gasteiger partial charge in [-0.05, 0) is 30.5 Å². The van der Waals surface area contributed by atoms with Crippen LogP contribution in [0.15, 0.2) is 24.8 Å². The molecule has 1 aromatic rings. The van der Waals surface area contributed by atoms with E-state index in [4.69, 9.17) is 0 Å². The average molecular weight is 316 g/mol. The number of alkyl halides is 3. The van der Waals surface area contributed by atoms with Gasteiger partial charge in [0, 0.05) is 5.56 Å². The van der Waals surface area contributed by atoms with Crippen LogP contribution in [0.3, 0.4) is 0 Å². The Labute approximate surface area is 132 Å². The lowest BCUT2D eigenvalue weighted by molar-refractivity contribution is -0.274. The van der Waals surface area contributed by atoms with Crippen molar-refractivity contribution in [2.45, 2.75) is 54.3 Å². The summed E-state index contributed by atoms with van der Waals surface area (Å²) in [6.45, 7) is 15.3. The highest BCUT2D eigenvalue weighted by Gasteiger charge is 2.32. The van der Waals surface area contributed by atoms with E-state index in [0.29, 0.717) is 12.0 Å². The predicted molar refractivity (Wildman–Crippen MR) is 90.0 cm³/mol. The Morgan fingerprint density at radius 1 is 1.14 bits per heavy atom. The minimum atomic E-state index is -4.67. The zero-order valence-corrected chi connectivity index (χ0v) is 14.3. The van der Waals surface area contributed by atoms with E-state index in [-0.39, 0.29) is 5.75 Å². The van der Waals surface area contributed by atoms with Gasteiger partial charge in [0.2, 0.25) is 0 Å². The summed E-state index contributed by atoms with van der Waals surface area (Å²) < 4.78 is 40.9. The van der Waals surface area contributed by atoms with E-state index in [9.17, 15) is 13.2 Å². The molecule has 0 N–H and O–H groups in total. The fourth-order valence-electron chi connectivity index (χ4n) is 1.79. The number of hydrogen-bond acceptors (Lipinski definition) is 1. The first-order valence-corrected chi connectivity index (χ1v) is 7.59. The summed E-state index contributed by atoms with van der Waals surface area (Å²) in [6, 6.07) is 2.90. The van der Waals surface area contributed by atoms with Crippen LogP contribution in [-0.4, -0.2) is 6.36 Å². The predicted octanol–water partition coefficient (Wildman–Crippen LogP) is 6.88. The molecule has 0 aliphatic heterocycles. The largest absolute Gasteiger partial charge is 0.573 e. The average Bonchev–Trinajstić information content (AvgIpc) is 2.50. The van der Waals surface area contributed by atoms with Gasteiger partial charge in [-0.2, -0.15) is 0 Å². The van der Waals surface area contributed by atoms with Crippen molar-refractivity contribution in [2.24, 2.45) is 0 Å². The summed E-state index contributed by atoms with van der Waals surface area (Å²) in [7, 11) is 0. The van der Waals surface area contributed by atoms with Crippen LogP contribution < -0.4 is 4.74 Å². The van der Waals surface area contributed by atoms with Crippen LogP contribution in [0.25, 0.3) is 12.2 Å². The second kappa shape index (κ2) is 11.9. The van der Waals surface area contributed by atoms with Crippen molar-refractivity contribution in [2.75, 3.05) is 0 Å². The third kappa shape index (κ3) is 7.34.